The van der Waals surface area contributed by atoms with Crippen LogP contribution in [0.5, 0.6) is 0 Å². The fraction of sp³-hybridized carbons (Fsp3) is 0.769. The van der Waals surface area contributed by atoms with Crippen LogP contribution in [0.4, 0.5) is 0 Å². The van der Waals surface area contributed by atoms with Crippen molar-refractivity contribution < 1.29 is 4.79 Å². The summed E-state index contributed by atoms with van der Waals surface area (Å²) in [5.41, 5.74) is 3.27. The molecular formula is C13H18O. The van der Waals surface area contributed by atoms with E-state index in [0.717, 1.165) is 12.8 Å². The summed E-state index contributed by atoms with van der Waals surface area (Å²) in [6.07, 6.45) is 9.98. The van der Waals surface area contributed by atoms with Crippen molar-refractivity contribution in [2.45, 2.75) is 51.4 Å². The fourth-order valence-electron chi connectivity index (χ4n) is 3.63. The van der Waals surface area contributed by atoms with Crippen molar-refractivity contribution in [2.24, 2.45) is 11.8 Å². The molecule has 3 aliphatic carbocycles. The highest BCUT2D eigenvalue weighted by molar-refractivity contribution is 5.88. The molecular weight excluding hydrogens is 172 g/mol. The van der Waals surface area contributed by atoms with Gasteiger partial charge in [0.1, 0.15) is 5.78 Å². The lowest BCUT2D eigenvalue weighted by atomic mass is 9.65. The molecule has 0 aromatic carbocycles. The van der Waals surface area contributed by atoms with Crippen LogP contribution in [0.1, 0.15) is 51.4 Å². The van der Waals surface area contributed by atoms with Crippen molar-refractivity contribution in [1.29, 1.82) is 0 Å². The lowest BCUT2D eigenvalue weighted by molar-refractivity contribution is -0.128. The summed E-state index contributed by atoms with van der Waals surface area (Å²) in [5.74, 6) is 1.39. The van der Waals surface area contributed by atoms with Crippen LogP contribution in [-0.4, -0.2) is 5.78 Å². The first-order valence-corrected chi connectivity index (χ1v) is 6.11. The number of allylic oxidation sites excluding steroid dienone is 2. The number of carbonyl (C=O) groups is 1. The largest absolute Gasteiger partial charge is 0.299 e. The van der Waals surface area contributed by atoms with Gasteiger partial charge < -0.3 is 0 Å². The summed E-state index contributed by atoms with van der Waals surface area (Å²) in [6, 6.07) is 0. The van der Waals surface area contributed by atoms with Crippen molar-refractivity contribution >= 4 is 5.78 Å². The Hall–Kier alpha value is -0.590. The average molecular weight is 190 g/mol. The third kappa shape index (κ3) is 1.18. The maximum atomic E-state index is 12.0. The van der Waals surface area contributed by atoms with Crippen molar-refractivity contribution in [3.05, 3.63) is 11.1 Å². The summed E-state index contributed by atoms with van der Waals surface area (Å²) in [4.78, 5) is 12.0. The maximum Gasteiger partial charge on any atom is 0.143 e. The van der Waals surface area contributed by atoms with E-state index in [4.69, 9.17) is 0 Å². The highest BCUT2D eigenvalue weighted by Crippen LogP contribution is 2.45. The van der Waals surface area contributed by atoms with E-state index in [1.165, 1.54) is 38.5 Å². The van der Waals surface area contributed by atoms with Gasteiger partial charge in [0.2, 0.25) is 0 Å². The fourth-order valence-corrected chi connectivity index (χ4v) is 3.63. The van der Waals surface area contributed by atoms with E-state index < -0.39 is 0 Å². The van der Waals surface area contributed by atoms with E-state index in [1.54, 1.807) is 11.1 Å². The van der Waals surface area contributed by atoms with Gasteiger partial charge in [-0.15, -0.1) is 0 Å². The summed E-state index contributed by atoms with van der Waals surface area (Å²) < 4.78 is 0. The number of Topliss-reactive ketones (excluding diaryl/α,β-unsaturated/α-hetero) is 1. The molecule has 2 bridgehead atoms. The van der Waals surface area contributed by atoms with E-state index >= 15 is 0 Å². The summed E-state index contributed by atoms with van der Waals surface area (Å²) >= 11 is 0. The van der Waals surface area contributed by atoms with Crippen molar-refractivity contribution in [1.82, 2.24) is 0 Å². The molecule has 2 atom stereocenters. The zero-order valence-electron chi connectivity index (χ0n) is 8.72. The summed E-state index contributed by atoms with van der Waals surface area (Å²) in [6.45, 7) is 0. The molecule has 1 heteroatoms. The normalized spacial score (nSPS) is 37.0. The Morgan fingerprint density at radius 2 is 1.86 bits per heavy atom. The molecule has 0 aliphatic heterocycles. The number of fused-ring (bicyclic) bond motifs is 3. The first-order valence-electron chi connectivity index (χ1n) is 6.11. The minimum Gasteiger partial charge on any atom is -0.299 e. The lowest BCUT2D eigenvalue weighted by Crippen LogP contribution is -2.35. The van der Waals surface area contributed by atoms with E-state index in [9.17, 15) is 4.79 Å². The number of hydrogen-bond acceptors (Lipinski definition) is 1. The quantitative estimate of drug-likeness (QED) is 0.536. The zero-order chi connectivity index (χ0) is 9.54. The Morgan fingerprint density at radius 3 is 2.79 bits per heavy atom. The summed E-state index contributed by atoms with van der Waals surface area (Å²) in [7, 11) is 0. The Morgan fingerprint density at radius 1 is 1.00 bits per heavy atom. The third-order valence-corrected chi connectivity index (χ3v) is 4.33. The van der Waals surface area contributed by atoms with Crippen LogP contribution in [0, 0.1) is 11.8 Å². The second-order valence-electron chi connectivity index (χ2n) is 5.12. The molecule has 0 radical (unpaired) electrons. The number of rotatable bonds is 0. The van der Waals surface area contributed by atoms with Gasteiger partial charge in [0.15, 0.2) is 0 Å². The predicted molar refractivity (Wildman–Crippen MR) is 55.9 cm³/mol. The number of hydrogen-bond donors (Lipinski definition) is 0. The SMILES string of the molecule is O=C1[C@@H]2CCC[C@H]1C1=C(CCCC1)C2. The van der Waals surface area contributed by atoms with Crippen LogP contribution in [0.2, 0.25) is 0 Å². The van der Waals surface area contributed by atoms with Crippen LogP contribution < -0.4 is 0 Å². The molecule has 0 aromatic heterocycles. The van der Waals surface area contributed by atoms with Gasteiger partial charge in [-0.05, 0) is 44.9 Å². The molecule has 76 valence electrons. The van der Waals surface area contributed by atoms with Gasteiger partial charge in [-0.25, -0.2) is 0 Å². The molecule has 1 saturated carbocycles. The van der Waals surface area contributed by atoms with Crippen LogP contribution in [0.25, 0.3) is 0 Å². The van der Waals surface area contributed by atoms with Crippen molar-refractivity contribution in [2.75, 3.05) is 0 Å². The maximum absolute atomic E-state index is 12.0. The Balaban J connectivity index is 1.99. The first kappa shape index (κ1) is 8.70. The molecule has 0 heterocycles. The van der Waals surface area contributed by atoms with Gasteiger partial charge in [-0.1, -0.05) is 17.6 Å². The standard InChI is InChI=1S/C13H18O/c14-13-10-5-3-7-12(13)11-6-2-1-4-9(11)8-10/h10,12H,1-8H2/t10-,12+/m1/s1. The highest BCUT2D eigenvalue weighted by atomic mass is 16.1. The van der Waals surface area contributed by atoms with Crippen molar-refractivity contribution in [3.63, 3.8) is 0 Å². The molecule has 1 nitrogen and oxygen atoms in total. The molecule has 14 heavy (non-hydrogen) atoms. The zero-order valence-corrected chi connectivity index (χ0v) is 8.72. The van der Waals surface area contributed by atoms with Gasteiger partial charge in [-0.3, -0.25) is 4.79 Å². The smallest absolute Gasteiger partial charge is 0.143 e. The van der Waals surface area contributed by atoms with Gasteiger partial charge in [0, 0.05) is 11.8 Å². The number of carbonyl (C=O) groups excluding carboxylic acids is 1. The van der Waals surface area contributed by atoms with Crippen LogP contribution in [0.3, 0.4) is 0 Å². The van der Waals surface area contributed by atoms with E-state index in [0.29, 0.717) is 17.6 Å². The highest BCUT2D eigenvalue weighted by Gasteiger charge is 2.39. The first-order chi connectivity index (χ1) is 6.86. The predicted octanol–water partition coefficient (Wildman–Crippen LogP) is 3.25. The second-order valence-corrected chi connectivity index (χ2v) is 5.12. The number of ketones is 1. The van der Waals surface area contributed by atoms with Crippen LogP contribution in [-0.2, 0) is 4.79 Å². The van der Waals surface area contributed by atoms with E-state index in [2.05, 4.69) is 0 Å². The van der Waals surface area contributed by atoms with Crippen LogP contribution in [0.15, 0.2) is 11.1 Å². The molecule has 0 unspecified atom stereocenters. The molecule has 3 rings (SSSR count). The minimum atomic E-state index is 0.373. The lowest BCUT2D eigenvalue weighted by Gasteiger charge is -2.38. The van der Waals surface area contributed by atoms with Gasteiger partial charge in [0.05, 0.1) is 0 Å². The molecule has 0 aromatic rings. The topological polar surface area (TPSA) is 17.1 Å². The molecule has 0 spiro atoms. The van der Waals surface area contributed by atoms with Gasteiger partial charge >= 0.3 is 0 Å². The molecule has 0 amide bonds. The van der Waals surface area contributed by atoms with Crippen molar-refractivity contribution in [3.8, 4) is 0 Å². The minimum absolute atomic E-state index is 0.373. The molecule has 3 aliphatic rings. The molecule has 0 N–H and O–H groups in total. The molecule has 0 saturated heterocycles. The average Bonchev–Trinajstić information content (AvgIpc) is 2.18. The van der Waals surface area contributed by atoms with Gasteiger partial charge in [0.25, 0.3) is 0 Å². The monoisotopic (exact) mass is 190 g/mol. The Kier molecular flexibility index (Phi) is 2.00. The van der Waals surface area contributed by atoms with Crippen LogP contribution >= 0.6 is 0 Å². The van der Waals surface area contributed by atoms with Gasteiger partial charge in [-0.2, -0.15) is 0 Å². The summed E-state index contributed by atoms with van der Waals surface area (Å²) in [5, 5.41) is 0. The van der Waals surface area contributed by atoms with E-state index in [-0.39, 0.29) is 0 Å². The Bertz CT molecular complexity index is 300. The second kappa shape index (κ2) is 3.22. The molecule has 1 fully saturated rings. The Labute approximate surface area is 85.6 Å². The van der Waals surface area contributed by atoms with E-state index in [1.807, 2.05) is 0 Å². The third-order valence-electron chi connectivity index (χ3n) is 4.33.